The number of ether oxygens (including phenoxy) is 3. The molecule has 0 aliphatic heterocycles. The molecule has 0 heterocycles. The molecule has 0 unspecified atom stereocenters. The van der Waals surface area contributed by atoms with E-state index in [1.165, 1.54) is 38.5 Å². The number of unbranched alkanes of at least 4 members (excludes halogenated alkanes) is 5. The molecule has 0 bridgehead atoms. The van der Waals surface area contributed by atoms with Crippen LogP contribution in [-0.4, -0.2) is 18.7 Å². The van der Waals surface area contributed by atoms with Gasteiger partial charge in [0.25, 0.3) is 0 Å². The molecule has 1 aliphatic carbocycles. The molecular formula is C34H42O4. The highest BCUT2D eigenvalue weighted by molar-refractivity contribution is 5.89. The van der Waals surface area contributed by atoms with Gasteiger partial charge in [-0.25, -0.2) is 4.79 Å². The summed E-state index contributed by atoms with van der Waals surface area (Å²) in [7, 11) is 0. The lowest BCUT2D eigenvalue weighted by Crippen LogP contribution is -2.20. The van der Waals surface area contributed by atoms with E-state index in [2.05, 4.69) is 31.2 Å². The average molecular weight is 515 g/mol. The van der Waals surface area contributed by atoms with Crippen LogP contribution in [0.5, 0.6) is 11.5 Å². The van der Waals surface area contributed by atoms with Gasteiger partial charge in [0.1, 0.15) is 24.2 Å². The molecule has 0 amide bonds. The minimum Gasteiger partial charge on any atom is -0.494 e. The first-order valence-electron chi connectivity index (χ1n) is 14.5. The van der Waals surface area contributed by atoms with E-state index in [1.807, 2.05) is 48.5 Å². The van der Waals surface area contributed by atoms with Gasteiger partial charge in [-0.2, -0.15) is 0 Å². The topological polar surface area (TPSA) is 44.8 Å². The maximum absolute atomic E-state index is 12.4. The third-order valence-electron chi connectivity index (χ3n) is 7.23. The van der Waals surface area contributed by atoms with E-state index in [0.29, 0.717) is 12.2 Å². The van der Waals surface area contributed by atoms with Gasteiger partial charge < -0.3 is 14.2 Å². The van der Waals surface area contributed by atoms with E-state index in [-0.39, 0.29) is 12.1 Å². The van der Waals surface area contributed by atoms with Crippen LogP contribution in [0.3, 0.4) is 0 Å². The molecular weight excluding hydrogens is 472 g/mol. The SMILES string of the molecule is CCCCCCCCOc1ccc(-c2ccc(OCc3ccc(C(=O)OC4CCCCC4)cc3)cc2)cc1. The summed E-state index contributed by atoms with van der Waals surface area (Å²) in [5.41, 5.74) is 3.90. The molecule has 0 aromatic heterocycles. The van der Waals surface area contributed by atoms with Crippen LogP contribution in [0.1, 0.15) is 93.5 Å². The van der Waals surface area contributed by atoms with Crippen molar-refractivity contribution in [2.24, 2.45) is 0 Å². The van der Waals surface area contributed by atoms with Crippen molar-refractivity contribution in [2.75, 3.05) is 6.61 Å². The summed E-state index contributed by atoms with van der Waals surface area (Å²) in [5, 5.41) is 0. The highest BCUT2D eigenvalue weighted by Gasteiger charge is 2.18. The molecule has 3 aromatic carbocycles. The van der Waals surface area contributed by atoms with Gasteiger partial charge in [0, 0.05) is 0 Å². The van der Waals surface area contributed by atoms with Crippen molar-refractivity contribution in [3.8, 4) is 22.6 Å². The van der Waals surface area contributed by atoms with Crippen molar-refractivity contribution in [3.05, 3.63) is 83.9 Å². The Morgan fingerprint density at radius 3 is 1.89 bits per heavy atom. The molecule has 0 atom stereocenters. The quantitative estimate of drug-likeness (QED) is 0.159. The lowest BCUT2D eigenvalue weighted by atomic mass is 9.98. The first kappa shape index (κ1) is 27.8. The Hall–Kier alpha value is -3.27. The van der Waals surface area contributed by atoms with Crippen molar-refractivity contribution in [2.45, 2.75) is 90.3 Å². The Morgan fingerprint density at radius 2 is 1.26 bits per heavy atom. The molecule has 3 aromatic rings. The second-order valence-corrected chi connectivity index (χ2v) is 10.3. The summed E-state index contributed by atoms with van der Waals surface area (Å²) in [6.45, 7) is 3.47. The second-order valence-electron chi connectivity index (χ2n) is 10.3. The van der Waals surface area contributed by atoms with E-state index in [4.69, 9.17) is 14.2 Å². The molecule has 4 rings (SSSR count). The largest absolute Gasteiger partial charge is 0.494 e. The highest BCUT2D eigenvalue weighted by atomic mass is 16.5. The Kier molecular flexibility index (Phi) is 11.1. The van der Waals surface area contributed by atoms with E-state index in [0.717, 1.165) is 66.9 Å². The van der Waals surface area contributed by atoms with Crippen LogP contribution in [0, 0.1) is 0 Å². The highest BCUT2D eigenvalue weighted by Crippen LogP contribution is 2.26. The predicted octanol–water partition coefficient (Wildman–Crippen LogP) is 9.16. The lowest BCUT2D eigenvalue weighted by Gasteiger charge is -2.21. The second kappa shape index (κ2) is 15.2. The predicted molar refractivity (Wildman–Crippen MR) is 154 cm³/mol. The Bertz CT molecular complexity index is 1080. The Balaban J connectivity index is 1.19. The van der Waals surface area contributed by atoms with E-state index < -0.39 is 0 Å². The molecule has 1 fully saturated rings. The van der Waals surface area contributed by atoms with Crippen LogP contribution in [0.4, 0.5) is 0 Å². The molecule has 4 heteroatoms. The van der Waals surface area contributed by atoms with Crippen LogP contribution in [-0.2, 0) is 11.3 Å². The van der Waals surface area contributed by atoms with Gasteiger partial charge in [-0.05, 0) is 85.2 Å². The van der Waals surface area contributed by atoms with E-state index in [9.17, 15) is 4.79 Å². The number of carbonyl (C=O) groups is 1. The normalized spacial score (nSPS) is 13.7. The van der Waals surface area contributed by atoms with Gasteiger partial charge >= 0.3 is 5.97 Å². The van der Waals surface area contributed by atoms with Crippen LogP contribution in [0.15, 0.2) is 72.8 Å². The van der Waals surface area contributed by atoms with Gasteiger partial charge in [-0.15, -0.1) is 0 Å². The number of carbonyl (C=O) groups excluding carboxylic acids is 1. The zero-order chi connectivity index (χ0) is 26.4. The van der Waals surface area contributed by atoms with Gasteiger partial charge in [-0.1, -0.05) is 81.8 Å². The fourth-order valence-electron chi connectivity index (χ4n) is 4.87. The smallest absolute Gasteiger partial charge is 0.338 e. The monoisotopic (exact) mass is 514 g/mol. The zero-order valence-corrected chi connectivity index (χ0v) is 22.8. The van der Waals surface area contributed by atoms with E-state index in [1.54, 1.807) is 0 Å². The van der Waals surface area contributed by atoms with Crippen molar-refractivity contribution < 1.29 is 19.0 Å². The molecule has 0 N–H and O–H groups in total. The zero-order valence-electron chi connectivity index (χ0n) is 22.8. The molecule has 1 saturated carbocycles. The molecule has 202 valence electrons. The molecule has 38 heavy (non-hydrogen) atoms. The van der Waals surface area contributed by atoms with Crippen molar-refractivity contribution in [1.82, 2.24) is 0 Å². The molecule has 0 radical (unpaired) electrons. The fourth-order valence-corrected chi connectivity index (χ4v) is 4.87. The van der Waals surface area contributed by atoms with Crippen molar-refractivity contribution in [1.29, 1.82) is 0 Å². The van der Waals surface area contributed by atoms with Crippen molar-refractivity contribution in [3.63, 3.8) is 0 Å². The number of rotatable bonds is 14. The first-order valence-corrected chi connectivity index (χ1v) is 14.5. The molecule has 1 aliphatic rings. The third-order valence-corrected chi connectivity index (χ3v) is 7.23. The van der Waals surface area contributed by atoms with Crippen molar-refractivity contribution >= 4 is 5.97 Å². The molecule has 0 spiro atoms. The summed E-state index contributed by atoms with van der Waals surface area (Å²) in [5.74, 6) is 1.52. The number of esters is 1. The third kappa shape index (κ3) is 8.93. The number of benzene rings is 3. The summed E-state index contributed by atoms with van der Waals surface area (Å²) in [4.78, 5) is 12.4. The molecule has 4 nitrogen and oxygen atoms in total. The molecule has 0 saturated heterocycles. The van der Waals surface area contributed by atoms with Crippen LogP contribution in [0.2, 0.25) is 0 Å². The number of hydrogen-bond acceptors (Lipinski definition) is 4. The van der Waals surface area contributed by atoms with Gasteiger partial charge in [0.15, 0.2) is 0 Å². The number of hydrogen-bond donors (Lipinski definition) is 0. The maximum atomic E-state index is 12.4. The Labute approximate surface area is 228 Å². The van der Waals surface area contributed by atoms with Gasteiger partial charge in [-0.3, -0.25) is 0 Å². The van der Waals surface area contributed by atoms with Crippen LogP contribution < -0.4 is 9.47 Å². The summed E-state index contributed by atoms with van der Waals surface area (Å²) in [6.07, 6.45) is 13.2. The minimum atomic E-state index is -0.225. The van der Waals surface area contributed by atoms with Crippen LogP contribution in [0.25, 0.3) is 11.1 Å². The standard InChI is InChI=1S/C34H42O4/c1-2-3-4-5-6-10-25-36-31-21-17-28(18-22-31)29-19-23-32(24-20-29)37-26-27-13-15-30(16-14-27)34(35)38-33-11-8-7-9-12-33/h13-24,33H,2-12,25-26H2,1H3. The average Bonchev–Trinajstić information content (AvgIpc) is 2.97. The lowest BCUT2D eigenvalue weighted by molar-refractivity contribution is 0.0211. The maximum Gasteiger partial charge on any atom is 0.338 e. The summed E-state index contributed by atoms with van der Waals surface area (Å²) in [6, 6.07) is 24.0. The Morgan fingerprint density at radius 1 is 0.684 bits per heavy atom. The summed E-state index contributed by atoms with van der Waals surface area (Å²) >= 11 is 0. The fraction of sp³-hybridized carbons (Fsp3) is 0.441. The summed E-state index contributed by atoms with van der Waals surface area (Å²) < 4.78 is 17.5. The first-order chi connectivity index (χ1) is 18.7. The van der Waals surface area contributed by atoms with Gasteiger partial charge in [0.05, 0.1) is 12.2 Å². The van der Waals surface area contributed by atoms with Crippen LogP contribution >= 0.6 is 0 Å². The van der Waals surface area contributed by atoms with E-state index >= 15 is 0 Å². The van der Waals surface area contributed by atoms with Gasteiger partial charge in [0.2, 0.25) is 0 Å². The minimum absolute atomic E-state index is 0.0726.